The van der Waals surface area contributed by atoms with Crippen LogP contribution < -0.4 is 19.5 Å². The highest BCUT2D eigenvalue weighted by molar-refractivity contribution is 7.89. The van der Waals surface area contributed by atoms with Gasteiger partial charge >= 0.3 is 0 Å². The molecule has 8 nitrogen and oxygen atoms in total. The van der Waals surface area contributed by atoms with Crippen molar-refractivity contribution in [3.05, 3.63) is 47.0 Å². The smallest absolute Gasteiger partial charge is 0.246 e. The van der Waals surface area contributed by atoms with Gasteiger partial charge in [-0.3, -0.25) is 4.79 Å². The third-order valence-corrected chi connectivity index (χ3v) is 7.59. The quantitative estimate of drug-likeness (QED) is 0.621. The Hall–Kier alpha value is -2.49. The second-order valence-electron chi connectivity index (χ2n) is 7.36. The average Bonchev–Trinajstić information content (AvgIpc) is 2.82. The molecule has 174 valence electrons. The van der Waals surface area contributed by atoms with Crippen molar-refractivity contribution in [1.29, 1.82) is 0 Å². The summed E-state index contributed by atoms with van der Waals surface area (Å²) in [4.78, 5) is 12.9. The van der Waals surface area contributed by atoms with Crippen molar-refractivity contribution in [3.63, 3.8) is 0 Å². The van der Waals surface area contributed by atoms with Crippen LogP contribution in [0.3, 0.4) is 0 Å². The molecule has 0 spiro atoms. The third-order valence-electron chi connectivity index (χ3n) is 5.47. The first-order valence-electron chi connectivity index (χ1n) is 10.1. The van der Waals surface area contributed by atoms with E-state index < -0.39 is 15.9 Å². The lowest BCUT2D eigenvalue weighted by Gasteiger charge is -2.31. The predicted octanol–water partition coefficient (Wildman–Crippen LogP) is 3.08. The lowest BCUT2D eigenvalue weighted by atomic mass is 9.98. The molecule has 1 amide bonds. The van der Waals surface area contributed by atoms with Crippen molar-refractivity contribution in [2.24, 2.45) is 5.92 Å². The predicted molar refractivity (Wildman–Crippen MR) is 121 cm³/mol. The molecule has 2 aromatic rings. The Morgan fingerprint density at radius 3 is 2.38 bits per heavy atom. The number of benzene rings is 2. The van der Waals surface area contributed by atoms with E-state index in [1.165, 1.54) is 23.5 Å². The van der Waals surface area contributed by atoms with Crippen molar-refractivity contribution in [3.8, 4) is 17.2 Å². The van der Waals surface area contributed by atoms with E-state index in [-0.39, 0.29) is 29.6 Å². The lowest BCUT2D eigenvalue weighted by Crippen LogP contribution is -2.45. The molecule has 1 aliphatic rings. The van der Waals surface area contributed by atoms with Crippen LogP contribution in [-0.4, -0.2) is 53.0 Å². The molecule has 2 aromatic carbocycles. The minimum absolute atomic E-state index is 0.00711. The first-order chi connectivity index (χ1) is 15.3. The maximum Gasteiger partial charge on any atom is 0.246 e. The van der Waals surface area contributed by atoms with Gasteiger partial charge in [0.1, 0.15) is 22.1 Å². The van der Waals surface area contributed by atoms with Crippen LogP contribution in [0.1, 0.15) is 18.4 Å². The number of carbonyl (C=O) groups is 1. The van der Waals surface area contributed by atoms with Crippen molar-refractivity contribution in [1.82, 2.24) is 9.62 Å². The van der Waals surface area contributed by atoms with E-state index >= 15 is 0 Å². The third kappa shape index (κ3) is 5.11. The van der Waals surface area contributed by atoms with Gasteiger partial charge in [0.2, 0.25) is 15.9 Å². The van der Waals surface area contributed by atoms with Gasteiger partial charge in [0.05, 0.1) is 39.4 Å². The zero-order chi connectivity index (χ0) is 23.3. The van der Waals surface area contributed by atoms with Crippen LogP contribution in [-0.2, 0) is 21.4 Å². The maximum atomic E-state index is 13.3. The number of sulfonamides is 1. The molecule has 0 saturated carbocycles. The number of nitrogens with zero attached hydrogens (tertiary/aromatic N) is 1. The molecule has 0 unspecified atom stereocenters. The molecule has 3 rings (SSSR count). The van der Waals surface area contributed by atoms with Crippen molar-refractivity contribution in [2.45, 2.75) is 24.3 Å². The molecule has 0 aliphatic carbocycles. The Kier molecular flexibility index (Phi) is 7.86. The Bertz CT molecular complexity index is 1050. The van der Waals surface area contributed by atoms with Crippen LogP contribution in [0.25, 0.3) is 0 Å². The second-order valence-corrected chi connectivity index (χ2v) is 9.70. The molecule has 0 bridgehead atoms. The SMILES string of the molecule is COc1ccc(Cl)cc1S(=O)(=O)N1CCC[C@H](C(=O)NCc2c(OC)cccc2OC)C1. The van der Waals surface area contributed by atoms with Gasteiger partial charge in [-0.15, -0.1) is 0 Å². The van der Waals surface area contributed by atoms with Crippen LogP contribution in [0, 0.1) is 5.92 Å². The largest absolute Gasteiger partial charge is 0.496 e. The van der Waals surface area contributed by atoms with Gasteiger partial charge in [0, 0.05) is 18.1 Å². The zero-order valence-electron chi connectivity index (χ0n) is 18.3. The first kappa shape index (κ1) is 24.2. The van der Waals surface area contributed by atoms with E-state index in [2.05, 4.69) is 5.32 Å². The molecule has 10 heteroatoms. The number of ether oxygens (including phenoxy) is 3. The highest BCUT2D eigenvalue weighted by Gasteiger charge is 2.35. The maximum absolute atomic E-state index is 13.3. The number of nitrogens with one attached hydrogen (secondary N) is 1. The number of carbonyl (C=O) groups excluding carboxylic acids is 1. The Morgan fingerprint density at radius 1 is 1.09 bits per heavy atom. The van der Waals surface area contributed by atoms with Crippen LogP contribution >= 0.6 is 11.6 Å². The van der Waals surface area contributed by atoms with E-state index in [4.69, 9.17) is 25.8 Å². The lowest BCUT2D eigenvalue weighted by molar-refractivity contribution is -0.126. The summed E-state index contributed by atoms with van der Waals surface area (Å²) in [5.74, 6) is 0.709. The van der Waals surface area contributed by atoms with Gasteiger partial charge in [-0.2, -0.15) is 4.31 Å². The summed E-state index contributed by atoms with van der Waals surface area (Å²) in [6.45, 7) is 0.604. The normalized spacial score (nSPS) is 16.9. The first-order valence-corrected chi connectivity index (χ1v) is 11.9. The Morgan fingerprint density at radius 2 is 1.75 bits per heavy atom. The number of hydrogen-bond donors (Lipinski definition) is 1. The van der Waals surface area contributed by atoms with E-state index in [0.717, 1.165) is 5.56 Å². The fourth-order valence-electron chi connectivity index (χ4n) is 3.79. The number of methoxy groups -OCH3 is 3. The van der Waals surface area contributed by atoms with Crippen molar-refractivity contribution in [2.75, 3.05) is 34.4 Å². The average molecular weight is 483 g/mol. The van der Waals surface area contributed by atoms with Gasteiger partial charge < -0.3 is 19.5 Å². The number of piperidine rings is 1. The molecule has 0 radical (unpaired) electrons. The summed E-state index contributed by atoms with van der Waals surface area (Å²) in [6, 6.07) is 9.83. The highest BCUT2D eigenvalue weighted by Crippen LogP contribution is 2.32. The van der Waals surface area contributed by atoms with Gasteiger partial charge in [-0.25, -0.2) is 8.42 Å². The van der Waals surface area contributed by atoms with Crippen LogP contribution in [0.15, 0.2) is 41.3 Å². The monoisotopic (exact) mass is 482 g/mol. The zero-order valence-corrected chi connectivity index (χ0v) is 19.8. The van der Waals surface area contributed by atoms with Gasteiger partial charge in [0.25, 0.3) is 0 Å². The summed E-state index contributed by atoms with van der Waals surface area (Å²) in [5.41, 5.74) is 0.717. The molecular weight excluding hydrogens is 456 g/mol. The second kappa shape index (κ2) is 10.4. The fraction of sp³-hybridized carbons (Fsp3) is 0.409. The topological polar surface area (TPSA) is 94.2 Å². The van der Waals surface area contributed by atoms with Crippen LogP contribution in [0.4, 0.5) is 0 Å². The Balaban J connectivity index is 1.74. The Labute approximate surface area is 193 Å². The van der Waals surface area contributed by atoms with E-state index in [0.29, 0.717) is 35.9 Å². The van der Waals surface area contributed by atoms with Crippen LogP contribution in [0.5, 0.6) is 17.2 Å². The summed E-state index contributed by atoms with van der Waals surface area (Å²) in [7, 11) is 0.625. The molecule has 32 heavy (non-hydrogen) atoms. The van der Waals surface area contributed by atoms with Gasteiger partial charge in [-0.05, 0) is 43.2 Å². The van der Waals surface area contributed by atoms with Crippen molar-refractivity contribution < 1.29 is 27.4 Å². The summed E-state index contributed by atoms with van der Waals surface area (Å²) >= 11 is 6.02. The number of amides is 1. The molecular formula is C22H27ClN2O6S. The molecule has 1 aliphatic heterocycles. The van der Waals surface area contributed by atoms with E-state index in [1.54, 1.807) is 38.5 Å². The van der Waals surface area contributed by atoms with E-state index in [9.17, 15) is 13.2 Å². The fourth-order valence-corrected chi connectivity index (χ4v) is 5.73. The van der Waals surface area contributed by atoms with Crippen LogP contribution in [0.2, 0.25) is 5.02 Å². The number of rotatable bonds is 8. The molecule has 1 N–H and O–H groups in total. The minimum atomic E-state index is -3.88. The molecule has 1 atom stereocenters. The molecule has 0 aromatic heterocycles. The standard InChI is InChI=1S/C22H27ClN2O6S/c1-29-18-7-4-8-19(30-2)17(18)13-24-22(26)15-6-5-11-25(14-15)32(27,28)21-12-16(23)9-10-20(21)31-3/h4,7-10,12,15H,5-6,11,13-14H2,1-3H3,(H,24,26)/t15-/m0/s1. The van der Waals surface area contributed by atoms with Gasteiger partial charge in [0.15, 0.2) is 0 Å². The molecule has 1 saturated heterocycles. The van der Waals surface area contributed by atoms with E-state index in [1.807, 2.05) is 0 Å². The number of hydrogen-bond acceptors (Lipinski definition) is 6. The number of halogens is 1. The summed E-state index contributed by atoms with van der Waals surface area (Å²) in [5, 5.41) is 3.19. The van der Waals surface area contributed by atoms with Crippen molar-refractivity contribution >= 4 is 27.5 Å². The molecule has 1 fully saturated rings. The molecule has 1 heterocycles. The minimum Gasteiger partial charge on any atom is -0.496 e. The summed E-state index contributed by atoms with van der Waals surface area (Å²) in [6.07, 6.45) is 1.16. The van der Waals surface area contributed by atoms with Gasteiger partial charge in [-0.1, -0.05) is 17.7 Å². The summed E-state index contributed by atoms with van der Waals surface area (Å²) < 4.78 is 43.8. The highest BCUT2D eigenvalue weighted by atomic mass is 35.5.